The summed E-state index contributed by atoms with van der Waals surface area (Å²) in [6.07, 6.45) is 1.50. The van der Waals surface area contributed by atoms with Crippen molar-refractivity contribution in [2.45, 2.75) is 0 Å². The molecule has 0 aliphatic carbocycles. The van der Waals surface area contributed by atoms with Gasteiger partial charge in [0.1, 0.15) is 17.9 Å². The number of anilines is 2. The third-order valence-corrected chi connectivity index (χ3v) is 3.17. The monoisotopic (exact) mass is 285 g/mol. The fourth-order valence-corrected chi connectivity index (χ4v) is 2.17. The Bertz CT molecular complexity index is 701. The van der Waals surface area contributed by atoms with Crippen LogP contribution in [0.3, 0.4) is 0 Å². The van der Waals surface area contributed by atoms with E-state index < -0.39 is 0 Å². The van der Waals surface area contributed by atoms with Crippen molar-refractivity contribution in [3.8, 4) is 17.0 Å². The summed E-state index contributed by atoms with van der Waals surface area (Å²) in [6.45, 7) is 0. The van der Waals surface area contributed by atoms with E-state index in [1.807, 2.05) is 35.7 Å². The highest BCUT2D eigenvalue weighted by Gasteiger charge is 2.08. The van der Waals surface area contributed by atoms with Gasteiger partial charge in [0.05, 0.1) is 18.2 Å². The molecule has 7 heteroatoms. The zero-order valence-corrected chi connectivity index (χ0v) is 11.5. The minimum atomic E-state index is 0.661. The van der Waals surface area contributed by atoms with Gasteiger partial charge in [-0.2, -0.15) is 0 Å². The predicted molar refractivity (Wildman–Crippen MR) is 77.2 cm³/mol. The van der Waals surface area contributed by atoms with Crippen LogP contribution in [0.4, 0.5) is 11.6 Å². The minimum absolute atomic E-state index is 0.661. The van der Waals surface area contributed by atoms with Gasteiger partial charge in [-0.15, -0.1) is 5.10 Å². The van der Waals surface area contributed by atoms with E-state index in [1.165, 1.54) is 17.9 Å². The lowest BCUT2D eigenvalue weighted by atomic mass is 10.1. The Morgan fingerprint density at radius 2 is 2.05 bits per heavy atom. The molecule has 0 bridgehead atoms. The quantitative estimate of drug-likeness (QED) is 0.794. The van der Waals surface area contributed by atoms with Gasteiger partial charge < -0.3 is 10.1 Å². The molecule has 0 radical (unpaired) electrons. The Hall–Kier alpha value is -2.54. The second-order valence-electron chi connectivity index (χ2n) is 3.90. The Morgan fingerprint density at radius 1 is 1.15 bits per heavy atom. The molecule has 3 aromatic rings. The molecule has 0 saturated heterocycles. The van der Waals surface area contributed by atoms with Gasteiger partial charge in [-0.05, 0) is 23.7 Å². The molecular formula is C13H11N5OS. The van der Waals surface area contributed by atoms with Crippen molar-refractivity contribution >= 4 is 23.2 Å². The van der Waals surface area contributed by atoms with Crippen molar-refractivity contribution < 1.29 is 4.74 Å². The largest absolute Gasteiger partial charge is 0.496 e. The number of nitrogens with one attached hydrogen (secondary N) is 1. The molecule has 0 fully saturated rings. The highest BCUT2D eigenvalue weighted by atomic mass is 32.1. The molecule has 3 rings (SSSR count). The van der Waals surface area contributed by atoms with Crippen LogP contribution in [0.2, 0.25) is 0 Å². The molecule has 1 aromatic carbocycles. The van der Waals surface area contributed by atoms with Crippen LogP contribution in [0.15, 0.2) is 42.0 Å². The summed E-state index contributed by atoms with van der Waals surface area (Å²) < 4.78 is 9.14. The van der Waals surface area contributed by atoms with E-state index in [2.05, 4.69) is 24.9 Å². The molecule has 100 valence electrons. The van der Waals surface area contributed by atoms with Crippen LogP contribution < -0.4 is 10.1 Å². The van der Waals surface area contributed by atoms with Gasteiger partial charge in [0.25, 0.3) is 0 Å². The van der Waals surface area contributed by atoms with Gasteiger partial charge >= 0.3 is 0 Å². The standard InChI is InChI=1S/C13H11N5OS/c1-19-11-5-3-2-4-9(11)10-6-12(15-8-14-10)16-13-7-20-18-17-13/h2-8H,1H3,(H,14,15,16). The van der Waals surface area contributed by atoms with Crippen molar-refractivity contribution in [2.75, 3.05) is 12.4 Å². The highest BCUT2D eigenvalue weighted by Crippen LogP contribution is 2.29. The molecule has 0 unspecified atom stereocenters. The van der Waals surface area contributed by atoms with E-state index >= 15 is 0 Å². The maximum atomic E-state index is 5.34. The van der Waals surface area contributed by atoms with Gasteiger partial charge in [-0.3, -0.25) is 0 Å². The topological polar surface area (TPSA) is 72.8 Å². The minimum Gasteiger partial charge on any atom is -0.496 e. The zero-order chi connectivity index (χ0) is 13.8. The van der Waals surface area contributed by atoms with E-state index in [0.717, 1.165) is 17.0 Å². The van der Waals surface area contributed by atoms with Crippen LogP contribution in [0.25, 0.3) is 11.3 Å². The lowest BCUT2D eigenvalue weighted by Gasteiger charge is -2.08. The van der Waals surface area contributed by atoms with E-state index in [4.69, 9.17) is 4.74 Å². The van der Waals surface area contributed by atoms with Crippen LogP contribution in [0, 0.1) is 0 Å². The smallest absolute Gasteiger partial charge is 0.166 e. The van der Waals surface area contributed by atoms with Crippen molar-refractivity contribution in [1.29, 1.82) is 0 Å². The van der Waals surface area contributed by atoms with E-state index in [9.17, 15) is 0 Å². The first kappa shape index (κ1) is 12.5. The first-order valence-corrected chi connectivity index (χ1v) is 6.70. The number of aromatic nitrogens is 4. The maximum absolute atomic E-state index is 5.34. The molecule has 20 heavy (non-hydrogen) atoms. The Balaban J connectivity index is 1.94. The lowest BCUT2D eigenvalue weighted by Crippen LogP contribution is -1.96. The van der Waals surface area contributed by atoms with Crippen molar-refractivity contribution in [3.05, 3.63) is 42.0 Å². The summed E-state index contributed by atoms with van der Waals surface area (Å²) in [6, 6.07) is 9.56. The SMILES string of the molecule is COc1ccccc1-c1cc(Nc2csnn2)ncn1. The number of benzene rings is 1. The van der Waals surface area contributed by atoms with Crippen LogP contribution in [-0.2, 0) is 0 Å². The maximum Gasteiger partial charge on any atom is 0.166 e. The van der Waals surface area contributed by atoms with Gasteiger partial charge in [0.2, 0.25) is 0 Å². The second-order valence-corrected chi connectivity index (χ2v) is 4.51. The summed E-state index contributed by atoms with van der Waals surface area (Å²) >= 11 is 1.28. The Morgan fingerprint density at radius 3 is 2.85 bits per heavy atom. The average Bonchev–Trinajstić information content (AvgIpc) is 3.00. The van der Waals surface area contributed by atoms with Crippen LogP contribution >= 0.6 is 11.5 Å². The van der Waals surface area contributed by atoms with E-state index in [0.29, 0.717) is 11.6 Å². The number of rotatable bonds is 4. The number of ether oxygens (including phenoxy) is 1. The van der Waals surface area contributed by atoms with Gasteiger partial charge in [-0.25, -0.2) is 9.97 Å². The van der Waals surface area contributed by atoms with Crippen molar-refractivity contribution in [2.24, 2.45) is 0 Å². The molecule has 0 saturated carbocycles. The molecular weight excluding hydrogens is 274 g/mol. The number of hydrogen-bond acceptors (Lipinski definition) is 7. The molecule has 0 amide bonds. The van der Waals surface area contributed by atoms with Gasteiger partial charge in [-0.1, -0.05) is 16.6 Å². The molecule has 0 aliphatic rings. The molecule has 0 aliphatic heterocycles. The summed E-state index contributed by atoms with van der Waals surface area (Å²) in [5, 5.41) is 8.81. The van der Waals surface area contributed by atoms with Crippen LogP contribution in [-0.4, -0.2) is 26.7 Å². The predicted octanol–water partition coefficient (Wildman–Crippen LogP) is 2.75. The summed E-state index contributed by atoms with van der Waals surface area (Å²) in [4.78, 5) is 8.45. The lowest BCUT2D eigenvalue weighted by molar-refractivity contribution is 0.416. The van der Waals surface area contributed by atoms with E-state index in [-0.39, 0.29) is 0 Å². The van der Waals surface area contributed by atoms with Crippen molar-refractivity contribution in [1.82, 2.24) is 19.6 Å². The Kier molecular flexibility index (Phi) is 3.51. The fraction of sp³-hybridized carbons (Fsp3) is 0.0769. The Labute approximate surface area is 119 Å². The molecule has 6 nitrogen and oxygen atoms in total. The third-order valence-electron chi connectivity index (χ3n) is 2.67. The number of methoxy groups -OCH3 is 1. The van der Waals surface area contributed by atoms with Gasteiger partial charge in [0, 0.05) is 11.6 Å². The average molecular weight is 285 g/mol. The van der Waals surface area contributed by atoms with Crippen LogP contribution in [0.5, 0.6) is 5.75 Å². The number of hydrogen-bond donors (Lipinski definition) is 1. The molecule has 1 N–H and O–H groups in total. The molecule has 2 aromatic heterocycles. The summed E-state index contributed by atoms with van der Waals surface area (Å²) in [5.74, 6) is 2.10. The molecule has 0 spiro atoms. The first-order chi connectivity index (χ1) is 9.86. The first-order valence-electron chi connectivity index (χ1n) is 5.86. The number of nitrogens with zero attached hydrogens (tertiary/aromatic N) is 4. The second kappa shape index (κ2) is 5.62. The third kappa shape index (κ3) is 2.57. The number of para-hydroxylation sites is 1. The van der Waals surface area contributed by atoms with Crippen LogP contribution in [0.1, 0.15) is 0 Å². The zero-order valence-electron chi connectivity index (χ0n) is 10.6. The summed E-state index contributed by atoms with van der Waals surface area (Å²) in [7, 11) is 1.64. The molecule has 0 atom stereocenters. The normalized spacial score (nSPS) is 10.2. The van der Waals surface area contributed by atoms with Gasteiger partial charge in [0.15, 0.2) is 5.82 Å². The highest BCUT2D eigenvalue weighted by molar-refractivity contribution is 7.03. The van der Waals surface area contributed by atoms with E-state index in [1.54, 1.807) is 7.11 Å². The summed E-state index contributed by atoms with van der Waals surface area (Å²) in [5.41, 5.74) is 1.69. The molecule has 2 heterocycles. The van der Waals surface area contributed by atoms with Crippen molar-refractivity contribution in [3.63, 3.8) is 0 Å². The fourth-order valence-electron chi connectivity index (χ4n) is 1.78.